The van der Waals surface area contributed by atoms with Gasteiger partial charge in [0.1, 0.15) is 5.75 Å². The Morgan fingerprint density at radius 2 is 1.52 bits per heavy atom. The lowest BCUT2D eigenvalue weighted by Crippen LogP contribution is -2.49. The standard InChI is InChI=1S/C35H35Br2N3O4/c1-40(2)30-16-6-25(7-17-30)23-38-34(42)35(22-24-4-12-28(36)13-5-24)32(26-8-14-29(37)15-9-26)44-33(39-35)27-10-18-31(19-11-27)43-21-3-20-41/h4-19,32,41H,3,20-23H2,1-2H3,(H,38,42)/t32-,35-/m1/s1. The zero-order valence-corrected chi connectivity index (χ0v) is 27.8. The molecule has 228 valence electrons. The van der Waals surface area contributed by atoms with Crippen LogP contribution in [-0.2, 0) is 22.5 Å². The molecule has 44 heavy (non-hydrogen) atoms. The lowest BCUT2D eigenvalue weighted by Gasteiger charge is -2.31. The maximum atomic E-state index is 14.5. The largest absolute Gasteiger partial charge is 0.494 e. The lowest BCUT2D eigenvalue weighted by molar-refractivity contribution is -0.129. The molecule has 1 aliphatic heterocycles. The Labute approximate surface area is 275 Å². The second-order valence-corrected chi connectivity index (χ2v) is 12.7. The number of anilines is 1. The van der Waals surface area contributed by atoms with E-state index < -0.39 is 11.6 Å². The van der Waals surface area contributed by atoms with Crippen molar-refractivity contribution in [2.24, 2.45) is 4.99 Å². The Hall–Kier alpha value is -3.66. The van der Waals surface area contributed by atoms with Crippen LogP contribution in [-0.4, -0.2) is 49.8 Å². The summed E-state index contributed by atoms with van der Waals surface area (Å²) in [4.78, 5) is 21.6. The van der Waals surface area contributed by atoms with Gasteiger partial charge in [-0.15, -0.1) is 0 Å². The van der Waals surface area contributed by atoms with Gasteiger partial charge in [0.25, 0.3) is 5.91 Å². The average molecular weight is 721 g/mol. The highest BCUT2D eigenvalue weighted by Gasteiger charge is 2.53. The van der Waals surface area contributed by atoms with E-state index in [2.05, 4.69) is 37.2 Å². The molecule has 0 unspecified atom stereocenters. The fourth-order valence-corrected chi connectivity index (χ4v) is 5.61. The summed E-state index contributed by atoms with van der Waals surface area (Å²) in [6.07, 6.45) is 0.212. The Morgan fingerprint density at radius 3 is 2.14 bits per heavy atom. The smallest absolute Gasteiger partial charge is 0.252 e. The third-order valence-electron chi connectivity index (χ3n) is 7.50. The number of aliphatic hydroxyl groups excluding tert-OH is 1. The van der Waals surface area contributed by atoms with Gasteiger partial charge in [-0.1, -0.05) is 68.3 Å². The van der Waals surface area contributed by atoms with Crippen LogP contribution in [0.3, 0.4) is 0 Å². The number of hydrogen-bond acceptors (Lipinski definition) is 6. The van der Waals surface area contributed by atoms with Gasteiger partial charge in [-0.2, -0.15) is 0 Å². The first kappa shape index (κ1) is 31.8. The quantitative estimate of drug-likeness (QED) is 0.157. The third kappa shape index (κ3) is 7.52. The molecule has 9 heteroatoms. The fourth-order valence-electron chi connectivity index (χ4n) is 5.08. The zero-order valence-electron chi connectivity index (χ0n) is 24.7. The number of hydrogen-bond donors (Lipinski definition) is 2. The first-order valence-corrected chi connectivity index (χ1v) is 16.0. The predicted octanol–water partition coefficient (Wildman–Crippen LogP) is 6.85. The number of benzene rings is 4. The summed E-state index contributed by atoms with van der Waals surface area (Å²) in [6, 6.07) is 31.4. The van der Waals surface area contributed by atoms with Crippen molar-refractivity contribution in [3.05, 3.63) is 128 Å². The van der Waals surface area contributed by atoms with Crippen molar-refractivity contribution >= 4 is 49.4 Å². The number of aliphatic hydroxyl groups is 1. The molecule has 0 fully saturated rings. The van der Waals surface area contributed by atoms with Crippen molar-refractivity contribution in [3.8, 4) is 5.75 Å². The number of halogens is 2. The molecule has 2 atom stereocenters. The van der Waals surface area contributed by atoms with Crippen molar-refractivity contribution in [1.29, 1.82) is 0 Å². The maximum absolute atomic E-state index is 14.5. The molecule has 0 aliphatic carbocycles. The molecule has 1 heterocycles. The highest BCUT2D eigenvalue weighted by Crippen LogP contribution is 2.43. The fraction of sp³-hybridized carbons (Fsp3) is 0.257. The Morgan fingerprint density at radius 1 is 0.909 bits per heavy atom. The molecule has 1 amide bonds. The van der Waals surface area contributed by atoms with Crippen molar-refractivity contribution in [3.63, 3.8) is 0 Å². The van der Waals surface area contributed by atoms with E-state index in [4.69, 9.17) is 19.6 Å². The SMILES string of the molecule is CN(C)c1ccc(CNC(=O)[C@]2(Cc3ccc(Br)cc3)N=C(c3ccc(OCCCO)cc3)O[C@@H]2c2ccc(Br)cc2)cc1. The van der Waals surface area contributed by atoms with Gasteiger partial charge in [-0.25, -0.2) is 4.99 Å². The van der Waals surface area contributed by atoms with E-state index in [1.54, 1.807) is 0 Å². The predicted molar refractivity (Wildman–Crippen MR) is 181 cm³/mol. The van der Waals surface area contributed by atoms with Crippen LogP contribution >= 0.6 is 31.9 Å². The number of amides is 1. The molecule has 0 saturated carbocycles. The van der Waals surface area contributed by atoms with Crippen LogP contribution in [0.25, 0.3) is 0 Å². The molecule has 0 saturated heterocycles. The Balaban J connectivity index is 1.52. The lowest BCUT2D eigenvalue weighted by atomic mass is 9.82. The second-order valence-electron chi connectivity index (χ2n) is 10.9. The van der Waals surface area contributed by atoms with Crippen LogP contribution < -0.4 is 15.0 Å². The van der Waals surface area contributed by atoms with E-state index in [9.17, 15) is 4.79 Å². The van der Waals surface area contributed by atoms with Gasteiger partial charge in [0, 0.05) is 60.3 Å². The molecular weight excluding hydrogens is 686 g/mol. The van der Waals surface area contributed by atoms with E-state index in [1.165, 1.54) is 0 Å². The number of carbonyl (C=O) groups is 1. The number of rotatable bonds is 12. The molecule has 7 nitrogen and oxygen atoms in total. The molecule has 4 aromatic rings. The van der Waals surface area contributed by atoms with Gasteiger partial charge in [-0.05, 0) is 77.4 Å². The molecule has 2 N–H and O–H groups in total. The van der Waals surface area contributed by atoms with Gasteiger partial charge < -0.3 is 24.8 Å². The molecule has 1 aliphatic rings. The van der Waals surface area contributed by atoms with Crippen molar-refractivity contribution in [2.75, 3.05) is 32.2 Å². The second kappa shape index (κ2) is 14.4. The van der Waals surface area contributed by atoms with Crippen LogP contribution in [0.2, 0.25) is 0 Å². The minimum Gasteiger partial charge on any atom is -0.494 e. The molecule has 4 aromatic carbocycles. The van der Waals surface area contributed by atoms with E-state index in [-0.39, 0.29) is 12.5 Å². The first-order valence-electron chi connectivity index (χ1n) is 14.4. The normalized spacial score (nSPS) is 17.5. The average Bonchev–Trinajstić information content (AvgIpc) is 3.42. The number of ether oxygens (including phenoxy) is 2. The summed E-state index contributed by atoms with van der Waals surface area (Å²) in [5.41, 5.74) is 3.34. The van der Waals surface area contributed by atoms with E-state index in [0.29, 0.717) is 37.6 Å². The highest BCUT2D eigenvalue weighted by atomic mass is 79.9. The monoisotopic (exact) mass is 719 g/mol. The molecule has 0 spiro atoms. The summed E-state index contributed by atoms with van der Waals surface area (Å²) >= 11 is 7.06. The minimum atomic E-state index is -1.28. The van der Waals surface area contributed by atoms with Gasteiger partial charge in [0.05, 0.1) is 6.61 Å². The van der Waals surface area contributed by atoms with Crippen LogP contribution in [0.5, 0.6) is 5.75 Å². The van der Waals surface area contributed by atoms with Gasteiger partial charge >= 0.3 is 0 Å². The van der Waals surface area contributed by atoms with E-state index in [1.807, 2.05) is 116 Å². The van der Waals surface area contributed by atoms with Crippen LogP contribution in [0.1, 0.15) is 34.8 Å². The molecular formula is C35H35Br2N3O4. The first-order chi connectivity index (χ1) is 21.3. The highest BCUT2D eigenvalue weighted by molar-refractivity contribution is 9.10. The van der Waals surface area contributed by atoms with Crippen LogP contribution in [0.15, 0.2) is 111 Å². The maximum Gasteiger partial charge on any atom is 0.252 e. The van der Waals surface area contributed by atoms with Crippen LogP contribution in [0, 0.1) is 0 Å². The van der Waals surface area contributed by atoms with Crippen molar-refractivity contribution in [2.45, 2.75) is 31.0 Å². The third-order valence-corrected chi connectivity index (χ3v) is 8.55. The molecule has 0 radical (unpaired) electrons. The number of nitrogens with zero attached hydrogens (tertiary/aromatic N) is 2. The minimum absolute atomic E-state index is 0.0735. The van der Waals surface area contributed by atoms with Gasteiger partial charge in [0.2, 0.25) is 5.90 Å². The number of carbonyl (C=O) groups excluding carboxylic acids is 1. The summed E-state index contributed by atoms with van der Waals surface area (Å²) in [5.74, 6) is 0.857. The van der Waals surface area contributed by atoms with Crippen molar-refractivity contribution in [1.82, 2.24) is 5.32 Å². The summed E-state index contributed by atoms with van der Waals surface area (Å²) < 4.78 is 14.2. The summed E-state index contributed by atoms with van der Waals surface area (Å²) in [7, 11) is 4.00. The molecule has 0 aromatic heterocycles. The van der Waals surface area contributed by atoms with Gasteiger partial charge in [-0.3, -0.25) is 4.79 Å². The Bertz CT molecular complexity index is 1570. The number of nitrogens with one attached hydrogen (secondary N) is 1. The zero-order chi connectivity index (χ0) is 31.1. The molecule has 0 bridgehead atoms. The van der Waals surface area contributed by atoms with E-state index >= 15 is 0 Å². The summed E-state index contributed by atoms with van der Waals surface area (Å²) in [6.45, 7) is 0.851. The van der Waals surface area contributed by atoms with Crippen molar-refractivity contribution < 1.29 is 19.4 Å². The van der Waals surface area contributed by atoms with Crippen LogP contribution in [0.4, 0.5) is 5.69 Å². The molecule has 5 rings (SSSR count). The van der Waals surface area contributed by atoms with E-state index in [0.717, 1.165) is 36.9 Å². The Kier molecular flexibility index (Phi) is 10.4. The number of aliphatic imine (C=N–C) groups is 1. The topological polar surface area (TPSA) is 83.4 Å². The summed E-state index contributed by atoms with van der Waals surface area (Å²) in [5, 5.41) is 12.2. The van der Waals surface area contributed by atoms with Gasteiger partial charge in [0.15, 0.2) is 11.6 Å².